The molecule has 0 spiro atoms. The third-order valence-corrected chi connectivity index (χ3v) is 3.34. The van der Waals surface area contributed by atoms with Crippen molar-refractivity contribution in [3.05, 3.63) is 45.1 Å². The Balaban J connectivity index is 2.31. The van der Waals surface area contributed by atoms with E-state index in [1.165, 1.54) is 0 Å². The molecule has 0 radical (unpaired) electrons. The van der Waals surface area contributed by atoms with Crippen molar-refractivity contribution < 1.29 is 0 Å². The van der Waals surface area contributed by atoms with E-state index in [4.69, 9.17) is 0 Å². The van der Waals surface area contributed by atoms with Crippen LogP contribution in [0.15, 0.2) is 34.4 Å². The molecule has 0 aliphatic heterocycles. The molecule has 0 amide bonds. The first kappa shape index (κ1) is 10.7. The Morgan fingerprint density at radius 2 is 2.27 bits per heavy atom. The predicted molar refractivity (Wildman–Crippen MR) is 65.0 cm³/mol. The van der Waals surface area contributed by atoms with Gasteiger partial charge < -0.3 is 5.32 Å². The van der Waals surface area contributed by atoms with Gasteiger partial charge in [0.2, 0.25) is 0 Å². The van der Waals surface area contributed by atoms with Crippen LogP contribution in [0.2, 0.25) is 0 Å². The van der Waals surface area contributed by atoms with Gasteiger partial charge in [0.1, 0.15) is 11.0 Å². The summed E-state index contributed by atoms with van der Waals surface area (Å²) >= 11 is 5.00. The van der Waals surface area contributed by atoms with Gasteiger partial charge in [-0.2, -0.15) is 0 Å². The van der Waals surface area contributed by atoms with Gasteiger partial charge in [0.15, 0.2) is 0 Å². The first-order valence-corrected chi connectivity index (χ1v) is 6.16. The maximum absolute atomic E-state index is 4.36. The molecule has 0 aliphatic rings. The lowest BCUT2D eigenvalue weighted by Gasteiger charge is -2.12. The highest BCUT2D eigenvalue weighted by molar-refractivity contribution is 9.10. The molecule has 2 aromatic rings. The number of halogens is 1. The Morgan fingerprint density at radius 1 is 1.40 bits per heavy atom. The number of thiazole rings is 1. The second-order valence-electron chi connectivity index (χ2n) is 2.99. The highest BCUT2D eigenvalue weighted by Crippen LogP contribution is 2.22. The van der Waals surface area contributed by atoms with E-state index >= 15 is 0 Å². The van der Waals surface area contributed by atoms with E-state index in [9.17, 15) is 0 Å². The molecule has 15 heavy (non-hydrogen) atoms. The molecule has 0 aromatic carbocycles. The van der Waals surface area contributed by atoms with E-state index in [0.717, 1.165) is 15.2 Å². The summed E-state index contributed by atoms with van der Waals surface area (Å²) in [5.74, 6) is 0. The third-order valence-electron chi connectivity index (χ3n) is 2.03. The van der Waals surface area contributed by atoms with E-state index in [1.807, 2.05) is 30.8 Å². The molecule has 1 atom stereocenters. The molecule has 1 unspecified atom stereocenters. The average molecular weight is 284 g/mol. The molecule has 0 fully saturated rings. The zero-order valence-corrected chi connectivity index (χ0v) is 10.5. The molecule has 0 aliphatic carbocycles. The Hall–Kier alpha value is -0.780. The van der Waals surface area contributed by atoms with E-state index < -0.39 is 0 Å². The summed E-state index contributed by atoms with van der Waals surface area (Å²) in [6, 6.07) is 4.06. The number of pyridine rings is 1. The van der Waals surface area contributed by atoms with Crippen molar-refractivity contribution in [2.24, 2.45) is 0 Å². The third kappa shape index (κ3) is 2.42. The Morgan fingerprint density at radius 3 is 2.80 bits per heavy atom. The van der Waals surface area contributed by atoms with Gasteiger partial charge in [0, 0.05) is 22.2 Å². The zero-order chi connectivity index (χ0) is 10.7. The van der Waals surface area contributed by atoms with Gasteiger partial charge in [-0.15, -0.1) is 11.3 Å². The van der Waals surface area contributed by atoms with Crippen molar-refractivity contribution >= 4 is 27.3 Å². The zero-order valence-electron chi connectivity index (χ0n) is 8.14. The summed E-state index contributed by atoms with van der Waals surface area (Å²) < 4.78 is 0.986. The number of hydrogen-bond donors (Lipinski definition) is 1. The summed E-state index contributed by atoms with van der Waals surface area (Å²) in [6.45, 7) is 0. The lowest BCUT2D eigenvalue weighted by atomic mass is 10.2. The molecular formula is C10H10BrN3S. The summed E-state index contributed by atoms with van der Waals surface area (Å²) in [4.78, 5) is 8.65. The minimum absolute atomic E-state index is 0.0816. The highest BCUT2D eigenvalue weighted by Gasteiger charge is 2.15. The van der Waals surface area contributed by atoms with Crippen molar-refractivity contribution in [3.8, 4) is 0 Å². The lowest BCUT2D eigenvalue weighted by Crippen LogP contribution is -2.18. The minimum atomic E-state index is 0.0816. The standard InChI is InChI=1S/C10H10BrN3S/c1-12-9(10-13-4-5-15-10)8-3-2-7(11)6-14-8/h2-6,9,12H,1H3. The van der Waals surface area contributed by atoms with Crippen molar-refractivity contribution in [1.29, 1.82) is 0 Å². The van der Waals surface area contributed by atoms with Crippen molar-refractivity contribution in [3.63, 3.8) is 0 Å². The number of nitrogens with zero attached hydrogens (tertiary/aromatic N) is 2. The molecule has 2 heterocycles. The van der Waals surface area contributed by atoms with Crippen molar-refractivity contribution in [2.75, 3.05) is 7.05 Å². The summed E-state index contributed by atoms with van der Waals surface area (Å²) in [5.41, 5.74) is 0.982. The number of nitrogens with one attached hydrogen (secondary N) is 1. The van der Waals surface area contributed by atoms with Crippen molar-refractivity contribution in [2.45, 2.75) is 6.04 Å². The van der Waals surface area contributed by atoms with Gasteiger partial charge in [-0.05, 0) is 35.1 Å². The van der Waals surface area contributed by atoms with Crippen LogP contribution in [0, 0.1) is 0 Å². The fourth-order valence-corrected chi connectivity index (χ4v) is 2.33. The summed E-state index contributed by atoms with van der Waals surface area (Å²) in [7, 11) is 1.91. The monoisotopic (exact) mass is 283 g/mol. The second kappa shape index (κ2) is 4.83. The van der Waals surface area contributed by atoms with E-state index in [2.05, 4.69) is 31.2 Å². The van der Waals surface area contributed by atoms with Gasteiger partial charge >= 0.3 is 0 Å². The van der Waals surface area contributed by atoms with Crippen LogP contribution in [0.3, 0.4) is 0 Å². The second-order valence-corrected chi connectivity index (χ2v) is 4.84. The van der Waals surface area contributed by atoms with Crippen LogP contribution in [-0.4, -0.2) is 17.0 Å². The van der Waals surface area contributed by atoms with Gasteiger partial charge in [-0.25, -0.2) is 4.98 Å². The molecule has 5 heteroatoms. The summed E-state index contributed by atoms with van der Waals surface area (Å²) in [5, 5.41) is 6.22. The minimum Gasteiger partial charge on any atom is -0.306 e. The van der Waals surface area contributed by atoms with Crippen LogP contribution in [0.1, 0.15) is 16.7 Å². The van der Waals surface area contributed by atoms with Gasteiger partial charge in [0.05, 0.1) is 5.69 Å². The molecule has 2 aromatic heterocycles. The number of rotatable bonds is 3. The van der Waals surface area contributed by atoms with E-state index in [1.54, 1.807) is 17.5 Å². The Kier molecular flexibility index (Phi) is 3.45. The SMILES string of the molecule is CNC(c1ccc(Br)cn1)c1nccs1. The normalized spacial score (nSPS) is 12.7. The fraction of sp³-hybridized carbons (Fsp3) is 0.200. The highest BCUT2D eigenvalue weighted by atomic mass is 79.9. The number of aromatic nitrogens is 2. The molecular weight excluding hydrogens is 274 g/mol. The van der Waals surface area contributed by atoms with Gasteiger partial charge in [0.25, 0.3) is 0 Å². The first-order valence-electron chi connectivity index (χ1n) is 4.49. The molecule has 1 N–H and O–H groups in total. The predicted octanol–water partition coefficient (Wildman–Crippen LogP) is 2.61. The largest absolute Gasteiger partial charge is 0.306 e. The van der Waals surface area contributed by atoms with Gasteiger partial charge in [-0.3, -0.25) is 4.98 Å². The van der Waals surface area contributed by atoms with Gasteiger partial charge in [-0.1, -0.05) is 0 Å². The molecule has 0 saturated heterocycles. The van der Waals surface area contributed by atoms with Crippen molar-refractivity contribution in [1.82, 2.24) is 15.3 Å². The Labute approximate surface area is 101 Å². The van der Waals surface area contributed by atoms with Crippen LogP contribution < -0.4 is 5.32 Å². The maximum atomic E-state index is 4.36. The fourth-order valence-electron chi connectivity index (χ4n) is 1.33. The van der Waals surface area contributed by atoms with E-state index in [-0.39, 0.29) is 6.04 Å². The molecule has 78 valence electrons. The smallest absolute Gasteiger partial charge is 0.116 e. The van der Waals surface area contributed by atoms with E-state index in [0.29, 0.717) is 0 Å². The molecule has 3 nitrogen and oxygen atoms in total. The summed E-state index contributed by atoms with van der Waals surface area (Å²) in [6.07, 6.45) is 3.61. The quantitative estimate of drug-likeness (QED) is 0.941. The van der Waals surface area contributed by atoms with Crippen LogP contribution in [-0.2, 0) is 0 Å². The Bertz CT molecular complexity index is 413. The molecule has 0 saturated carbocycles. The lowest BCUT2D eigenvalue weighted by molar-refractivity contribution is 0.666. The first-order chi connectivity index (χ1) is 7.31. The molecule has 0 bridgehead atoms. The van der Waals surface area contributed by atoms with Crippen LogP contribution in [0.4, 0.5) is 0 Å². The van der Waals surface area contributed by atoms with Crippen LogP contribution >= 0.6 is 27.3 Å². The topological polar surface area (TPSA) is 37.8 Å². The van der Waals surface area contributed by atoms with Crippen LogP contribution in [0.25, 0.3) is 0 Å². The maximum Gasteiger partial charge on any atom is 0.116 e. The van der Waals surface area contributed by atoms with Crippen LogP contribution in [0.5, 0.6) is 0 Å². The average Bonchev–Trinajstić information content (AvgIpc) is 2.75. The molecule has 2 rings (SSSR count). The number of hydrogen-bond acceptors (Lipinski definition) is 4.